The number of aromatic amines is 1. The maximum Gasteiger partial charge on any atom is 0.144 e. The first kappa shape index (κ1) is 11.5. The molecule has 1 aliphatic heterocycles. The van der Waals surface area contributed by atoms with Gasteiger partial charge >= 0.3 is 0 Å². The van der Waals surface area contributed by atoms with Crippen molar-refractivity contribution in [1.82, 2.24) is 15.0 Å². The molecule has 5 heteroatoms. The number of nitrogens with zero attached hydrogens (tertiary/aromatic N) is 3. The van der Waals surface area contributed by atoms with Gasteiger partial charge in [0.1, 0.15) is 16.4 Å². The predicted molar refractivity (Wildman–Crippen MR) is 80.3 cm³/mol. The van der Waals surface area contributed by atoms with Crippen molar-refractivity contribution in [3.8, 4) is 10.4 Å². The maximum absolute atomic E-state index is 4.60. The summed E-state index contributed by atoms with van der Waals surface area (Å²) in [6, 6.07) is 10.3. The molecule has 20 heavy (non-hydrogen) atoms. The molecule has 1 aromatic carbocycles. The van der Waals surface area contributed by atoms with Crippen molar-refractivity contribution in [2.75, 3.05) is 6.54 Å². The van der Waals surface area contributed by atoms with E-state index in [1.54, 1.807) is 17.7 Å². The van der Waals surface area contributed by atoms with Crippen molar-refractivity contribution in [2.45, 2.75) is 6.42 Å². The van der Waals surface area contributed by atoms with Gasteiger partial charge < -0.3 is 4.98 Å². The lowest BCUT2D eigenvalue weighted by Gasteiger charge is -2.08. The highest BCUT2D eigenvalue weighted by Crippen LogP contribution is 2.28. The summed E-state index contributed by atoms with van der Waals surface area (Å²) in [7, 11) is 0. The molecule has 4 rings (SSSR count). The molecule has 3 aromatic rings. The van der Waals surface area contributed by atoms with E-state index in [2.05, 4.69) is 32.1 Å². The highest BCUT2D eigenvalue weighted by Gasteiger charge is 2.21. The summed E-state index contributed by atoms with van der Waals surface area (Å²) in [6.07, 6.45) is 4.58. The summed E-state index contributed by atoms with van der Waals surface area (Å²) in [5.74, 6) is 0. The van der Waals surface area contributed by atoms with Crippen LogP contribution < -0.4 is 0 Å². The highest BCUT2D eigenvalue weighted by molar-refractivity contribution is 7.17. The third-order valence-electron chi connectivity index (χ3n) is 3.34. The number of imidazole rings is 1. The average molecular weight is 280 g/mol. The number of aliphatic imine (C=N–C) groups is 1. The van der Waals surface area contributed by atoms with Crippen molar-refractivity contribution < 1.29 is 0 Å². The minimum absolute atomic E-state index is 0.796. The molecule has 1 N–H and O–H groups in total. The quantitative estimate of drug-likeness (QED) is 0.784. The van der Waals surface area contributed by atoms with E-state index in [0.717, 1.165) is 39.9 Å². The lowest BCUT2D eigenvalue weighted by molar-refractivity contribution is 0.910. The zero-order valence-corrected chi connectivity index (χ0v) is 11.5. The number of hydrogen-bond donors (Lipinski definition) is 1. The van der Waals surface area contributed by atoms with Crippen LogP contribution in [-0.4, -0.2) is 27.2 Å². The van der Waals surface area contributed by atoms with Crippen molar-refractivity contribution in [3.05, 3.63) is 59.3 Å². The first-order chi connectivity index (χ1) is 9.92. The van der Waals surface area contributed by atoms with Crippen molar-refractivity contribution in [2.24, 2.45) is 4.99 Å². The standard InChI is InChI=1S/C15H12N4S/c1-2-4-10(5-3-1)12-8-17-15(20-12)14-13-11(6-7-16-14)18-9-19-13/h1-5,8-9H,6-7H2,(H,18,19). The third kappa shape index (κ3) is 1.87. The van der Waals surface area contributed by atoms with E-state index >= 15 is 0 Å². The van der Waals surface area contributed by atoms with E-state index in [9.17, 15) is 0 Å². The smallest absolute Gasteiger partial charge is 0.144 e. The van der Waals surface area contributed by atoms with Gasteiger partial charge in [0, 0.05) is 24.9 Å². The molecule has 0 radical (unpaired) electrons. The summed E-state index contributed by atoms with van der Waals surface area (Å²) < 4.78 is 0. The maximum atomic E-state index is 4.60. The van der Waals surface area contributed by atoms with E-state index in [-0.39, 0.29) is 0 Å². The Morgan fingerprint density at radius 2 is 2.00 bits per heavy atom. The van der Waals surface area contributed by atoms with E-state index in [4.69, 9.17) is 0 Å². The van der Waals surface area contributed by atoms with Gasteiger partial charge in [-0.25, -0.2) is 9.97 Å². The zero-order chi connectivity index (χ0) is 13.4. The molecule has 0 amide bonds. The van der Waals surface area contributed by atoms with Gasteiger partial charge in [-0.2, -0.15) is 0 Å². The molecule has 0 saturated carbocycles. The Hall–Kier alpha value is -2.27. The van der Waals surface area contributed by atoms with Gasteiger partial charge in [-0.15, -0.1) is 11.3 Å². The van der Waals surface area contributed by atoms with E-state index in [0.29, 0.717) is 0 Å². The molecule has 98 valence electrons. The van der Waals surface area contributed by atoms with Crippen LogP contribution in [0.1, 0.15) is 16.4 Å². The van der Waals surface area contributed by atoms with Crippen molar-refractivity contribution in [3.63, 3.8) is 0 Å². The number of aromatic nitrogens is 3. The second kappa shape index (κ2) is 4.68. The molecular weight excluding hydrogens is 268 g/mol. The topological polar surface area (TPSA) is 53.9 Å². The van der Waals surface area contributed by atoms with Crippen LogP contribution in [0.15, 0.2) is 47.8 Å². The molecule has 2 aromatic heterocycles. The minimum atomic E-state index is 0.796. The number of fused-ring (bicyclic) bond motifs is 1. The zero-order valence-electron chi connectivity index (χ0n) is 10.7. The normalized spacial score (nSPS) is 13.9. The lowest BCUT2D eigenvalue weighted by Crippen LogP contribution is -2.13. The van der Waals surface area contributed by atoms with Crippen LogP contribution in [-0.2, 0) is 6.42 Å². The molecule has 4 nitrogen and oxygen atoms in total. The Kier molecular flexibility index (Phi) is 2.70. The Balaban J connectivity index is 1.75. The largest absolute Gasteiger partial charge is 0.348 e. The fraction of sp³-hybridized carbons (Fsp3) is 0.133. The van der Waals surface area contributed by atoms with Gasteiger partial charge in [0.15, 0.2) is 0 Å². The molecule has 0 fully saturated rings. The summed E-state index contributed by atoms with van der Waals surface area (Å²) in [6.45, 7) is 0.796. The molecule has 3 heterocycles. The Morgan fingerprint density at radius 3 is 2.90 bits per heavy atom. The molecule has 0 unspecified atom stereocenters. The van der Waals surface area contributed by atoms with Gasteiger partial charge in [-0.05, 0) is 5.56 Å². The van der Waals surface area contributed by atoms with E-state index < -0.39 is 0 Å². The fourth-order valence-electron chi connectivity index (χ4n) is 2.36. The monoisotopic (exact) mass is 280 g/mol. The second-order valence-corrected chi connectivity index (χ2v) is 5.64. The first-order valence-electron chi connectivity index (χ1n) is 6.50. The van der Waals surface area contributed by atoms with Crippen molar-refractivity contribution in [1.29, 1.82) is 0 Å². The predicted octanol–water partition coefficient (Wildman–Crippen LogP) is 2.93. The van der Waals surface area contributed by atoms with Crippen LogP contribution in [0.5, 0.6) is 0 Å². The van der Waals surface area contributed by atoms with E-state index in [1.165, 1.54) is 5.56 Å². The summed E-state index contributed by atoms with van der Waals surface area (Å²) in [5, 5.41) is 0.942. The number of nitrogens with one attached hydrogen (secondary N) is 1. The fourth-order valence-corrected chi connectivity index (χ4v) is 3.29. The molecule has 0 saturated heterocycles. The van der Waals surface area contributed by atoms with Crippen LogP contribution in [0, 0.1) is 0 Å². The van der Waals surface area contributed by atoms with Crippen LogP contribution in [0.3, 0.4) is 0 Å². The Labute approximate surface area is 120 Å². The minimum Gasteiger partial charge on any atom is -0.348 e. The van der Waals surface area contributed by atoms with Gasteiger partial charge in [0.25, 0.3) is 0 Å². The highest BCUT2D eigenvalue weighted by atomic mass is 32.1. The molecule has 0 spiro atoms. The number of rotatable bonds is 2. The molecule has 0 bridgehead atoms. The van der Waals surface area contributed by atoms with Gasteiger partial charge in [0.2, 0.25) is 0 Å². The Morgan fingerprint density at radius 1 is 1.10 bits per heavy atom. The third-order valence-corrected chi connectivity index (χ3v) is 4.39. The Bertz CT molecular complexity index is 770. The van der Waals surface area contributed by atoms with Crippen LogP contribution in [0.25, 0.3) is 10.4 Å². The molecule has 1 aliphatic rings. The molecule has 0 aliphatic carbocycles. The van der Waals surface area contributed by atoms with Gasteiger partial charge in [-0.3, -0.25) is 4.99 Å². The molecule has 0 atom stereocenters. The van der Waals surface area contributed by atoms with Gasteiger partial charge in [-0.1, -0.05) is 30.3 Å². The number of benzene rings is 1. The van der Waals surface area contributed by atoms with E-state index in [1.807, 2.05) is 24.4 Å². The van der Waals surface area contributed by atoms with Gasteiger partial charge in [0.05, 0.1) is 11.2 Å². The van der Waals surface area contributed by atoms with Crippen LogP contribution in [0.2, 0.25) is 0 Å². The number of H-pyrrole nitrogens is 1. The summed E-state index contributed by atoms with van der Waals surface area (Å²) in [4.78, 5) is 17.8. The molecular formula is C15H12N4S. The van der Waals surface area contributed by atoms with Crippen LogP contribution in [0.4, 0.5) is 0 Å². The van der Waals surface area contributed by atoms with Crippen LogP contribution >= 0.6 is 11.3 Å². The first-order valence-corrected chi connectivity index (χ1v) is 7.32. The number of thiazole rings is 1. The number of hydrogen-bond acceptors (Lipinski definition) is 4. The summed E-state index contributed by atoms with van der Waals surface area (Å²) >= 11 is 1.66. The van der Waals surface area contributed by atoms with Crippen molar-refractivity contribution >= 4 is 17.0 Å². The average Bonchev–Trinajstić information content (AvgIpc) is 3.17. The second-order valence-electron chi connectivity index (χ2n) is 4.61. The SMILES string of the molecule is c1ccc(-c2cnc(C3=NCCc4[nH]cnc43)s2)cc1. The lowest BCUT2D eigenvalue weighted by atomic mass is 10.1. The summed E-state index contributed by atoms with van der Waals surface area (Å²) in [5.41, 5.74) is 4.21.